The molecule has 0 bridgehead atoms. The van der Waals surface area contributed by atoms with Crippen LogP contribution in [0.5, 0.6) is 0 Å². The molecule has 4 nitrogen and oxygen atoms in total. The van der Waals surface area contributed by atoms with Crippen molar-refractivity contribution in [2.45, 2.75) is 45.4 Å². The second kappa shape index (κ2) is 9.71. The number of hydrogen-bond acceptors (Lipinski definition) is 2. The van der Waals surface area contributed by atoms with Gasteiger partial charge in [-0.3, -0.25) is 9.59 Å². The lowest BCUT2D eigenvalue weighted by Crippen LogP contribution is -2.35. The smallest absolute Gasteiger partial charge is 0.323 e. The number of terminal acetylenes is 1. The summed E-state index contributed by atoms with van der Waals surface area (Å²) in [5.74, 6) is 1.11. The maximum absolute atomic E-state index is 11.7. The number of aliphatic carboxylic acids is 1. The van der Waals surface area contributed by atoms with Crippen LogP contribution in [-0.4, -0.2) is 35.0 Å². The number of rotatable bonds is 9. The molecule has 4 heteroatoms. The summed E-state index contributed by atoms with van der Waals surface area (Å²) < 4.78 is 0. The molecule has 1 N–H and O–H groups in total. The van der Waals surface area contributed by atoms with Crippen LogP contribution >= 0.6 is 0 Å². The molecule has 0 atom stereocenters. The minimum Gasteiger partial charge on any atom is -0.480 e. The molecule has 0 radical (unpaired) electrons. The first-order chi connectivity index (χ1) is 8.11. The summed E-state index contributed by atoms with van der Waals surface area (Å²) in [5, 5.41) is 8.64. The van der Waals surface area contributed by atoms with Crippen molar-refractivity contribution < 1.29 is 14.7 Å². The fourth-order valence-electron chi connectivity index (χ4n) is 1.54. The van der Waals surface area contributed by atoms with Crippen LogP contribution in [0.3, 0.4) is 0 Å². The van der Waals surface area contributed by atoms with E-state index in [1.54, 1.807) is 0 Å². The summed E-state index contributed by atoms with van der Waals surface area (Å²) in [6.45, 7) is 1.89. The average Bonchev–Trinajstić information content (AvgIpc) is 2.27. The van der Waals surface area contributed by atoms with Gasteiger partial charge in [0, 0.05) is 6.42 Å². The third-order valence-corrected chi connectivity index (χ3v) is 2.46. The molecule has 17 heavy (non-hydrogen) atoms. The van der Waals surface area contributed by atoms with Crippen molar-refractivity contribution in [2.75, 3.05) is 13.1 Å². The van der Waals surface area contributed by atoms with Gasteiger partial charge in [0.05, 0.1) is 6.54 Å². The standard InChI is InChI=1S/C13H21NO3/c1-3-5-6-7-8-9-12(15)14(10-4-2)11-13(16)17/h2H,3,5-11H2,1H3,(H,16,17). The lowest BCUT2D eigenvalue weighted by Gasteiger charge is -2.17. The van der Waals surface area contributed by atoms with Crippen LogP contribution in [0.2, 0.25) is 0 Å². The van der Waals surface area contributed by atoms with Crippen molar-refractivity contribution in [3.8, 4) is 12.3 Å². The van der Waals surface area contributed by atoms with Crippen molar-refractivity contribution in [1.82, 2.24) is 4.90 Å². The highest BCUT2D eigenvalue weighted by Gasteiger charge is 2.14. The van der Waals surface area contributed by atoms with Gasteiger partial charge in [0.15, 0.2) is 0 Å². The Kier molecular flexibility index (Phi) is 8.85. The highest BCUT2D eigenvalue weighted by molar-refractivity contribution is 5.81. The van der Waals surface area contributed by atoms with E-state index in [1.165, 1.54) is 11.3 Å². The maximum atomic E-state index is 11.7. The van der Waals surface area contributed by atoms with E-state index < -0.39 is 5.97 Å². The molecule has 0 aliphatic heterocycles. The molecule has 0 fully saturated rings. The van der Waals surface area contributed by atoms with E-state index >= 15 is 0 Å². The van der Waals surface area contributed by atoms with Crippen LogP contribution in [-0.2, 0) is 9.59 Å². The van der Waals surface area contributed by atoms with Gasteiger partial charge in [0.1, 0.15) is 6.54 Å². The fraction of sp³-hybridized carbons (Fsp3) is 0.692. The Morgan fingerprint density at radius 2 is 1.88 bits per heavy atom. The molecule has 0 spiro atoms. The number of carbonyl (C=O) groups is 2. The Hall–Kier alpha value is -1.50. The van der Waals surface area contributed by atoms with Crippen molar-refractivity contribution in [3.05, 3.63) is 0 Å². The van der Waals surface area contributed by atoms with Gasteiger partial charge in [0.2, 0.25) is 5.91 Å². The predicted molar refractivity (Wildman–Crippen MR) is 66.4 cm³/mol. The molecule has 0 unspecified atom stereocenters. The molecule has 0 saturated heterocycles. The van der Waals surface area contributed by atoms with E-state index in [0.29, 0.717) is 6.42 Å². The summed E-state index contributed by atoms with van der Waals surface area (Å²) in [5.41, 5.74) is 0. The number of unbranched alkanes of at least 4 members (excludes halogenated alkanes) is 4. The van der Waals surface area contributed by atoms with E-state index in [0.717, 1.165) is 25.7 Å². The number of carboxylic acid groups (broad SMARTS) is 1. The van der Waals surface area contributed by atoms with Crippen molar-refractivity contribution >= 4 is 11.9 Å². The first kappa shape index (κ1) is 15.5. The van der Waals surface area contributed by atoms with Gasteiger partial charge < -0.3 is 10.0 Å². The Balaban J connectivity index is 3.89. The molecular weight excluding hydrogens is 218 g/mol. The first-order valence-corrected chi connectivity index (χ1v) is 6.04. The summed E-state index contributed by atoms with van der Waals surface area (Å²) in [4.78, 5) is 23.4. The van der Waals surface area contributed by atoms with Crippen LogP contribution in [0.4, 0.5) is 0 Å². The monoisotopic (exact) mass is 239 g/mol. The molecule has 0 heterocycles. The molecule has 96 valence electrons. The number of nitrogens with zero attached hydrogens (tertiary/aromatic N) is 1. The molecule has 0 aliphatic carbocycles. The highest BCUT2D eigenvalue weighted by Crippen LogP contribution is 2.06. The molecule has 0 saturated carbocycles. The lowest BCUT2D eigenvalue weighted by atomic mass is 10.1. The van der Waals surface area contributed by atoms with E-state index in [4.69, 9.17) is 11.5 Å². The van der Waals surface area contributed by atoms with Crippen LogP contribution < -0.4 is 0 Å². The molecule has 1 amide bonds. The molecule has 0 aromatic carbocycles. The van der Waals surface area contributed by atoms with E-state index in [2.05, 4.69) is 12.8 Å². The Labute approximate surface area is 103 Å². The summed E-state index contributed by atoms with van der Waals surface area (Å²) in [7, 11) is 0. The molecular formula is C13H21NO3. The third kappa shape index (κ3) is 8.32. The lowest BCUT2D eigenvalue weighted by molar-refractivity contribution is -0.144. The average molecular weight is 239 g/mol. The number of carboxylic acids is 1. The summed E-state index contributed by atoms with van der Waals surface area (Å²) >= 11 is 0. The van der Waals surface area contributed by atoms with Crippen molar-refractivity contribution in [2.24, 2.45) is 0 Å². The summed E-state index contributed by atoms with van der Waals surface area (Å²) in [6, 6.07) is 0. The second-order valence-corrected chi connectivity index (χ2v) is 4.01. The largest absolute Gasteiger partial charge is 0.480 e. The summed E-state index contributed by atoms with van der Waals surface area (Å²) in [6.07, 6.45) is 10.8. The molecule has 0 rings (SSSR count). The van der Waals surface area contributed by atoms with Gasteiger partial charge in [-0.25, -0.2) is 0 Å². The quantitative estimate of drug-likeness (QED) is 0.494. The second-order valence-electron chi connectivity index (χ2n) is 4.01. The Bertz CT molecular complexity index is 281. The van der Waals surface area contributed by atoms with Crippen LogP contribution in [0, 0.1) is 12.3 Å². The SMILES string of the molecule is C#CCN(CC(=O)O)C(=O)CCCCCCC. The fourth-order valence-corrected chi connectivity index (χ4v) is 1.54. The highest BCUT2D eigenvalue weighted by atomic mass is 16.4. The molecule has 0 aromatic heterocycles. The topological polar surface area (TPSA) is 57.6 Å². The zero-order valence-corrected chi connectivity index (χ0v) is 10.4. The van der Waals surface area contributed by atoms with Gasteiger partial charge in [-0.2, -0.15) is 0 Å². The minimum absolute atomic E-state index is 0.0695. The zero-order chi connectivity index (χ0) is 13.1. The van der Waals surface area contributed by atoms with Crippen LogP contribution in [0.15, 0.2) is 0 Å². The Morgan fingerprint density at radius 1 is 1.24 bits per heavy atom. The van der Waals surface area contributed by atoms with Crippen molar-refractivity contribution in [3.63, 3.8) is 0 Å². The zero-order valence-electron chi connectivity index (χ0n) is 10.4. The number of hydrogen-bond donors (Lipinski definition) is 1. The normalized spacial score (nSPS) is 9.65. The van der Waals surface area contributed by atoms with Crippen LogP contribution in [0.25, 0.3) is 0 Å². The van der Waals surface area contributed by atoms with Gasteiger partial charge >= 0.3 is 5.97 Å². The number of amides is 1. The Morgan fingerprint density at radius 3 is 2.41 bits per heavy atom. The molecule has 0 aliphatic rings. The first-order valence-electron chi connectivity index (χ1n) is 6.04. The third-order valence-electron chi connectivity index (χ3n) is 2.46. The maximum Gasteiger partial charge on any atom is 0.323 e. The van der Waals surface area contributed by atoms with Gasteiger partial charge in [-0.05, 0) is 6.42 Å². The predicted octanol–water partition coefficient (Wildman–Crippen LogP) is 1.89. The van der Waals surface area contributed by atoms with Crippen LogP contribution in [0.1, 0.15) is 45.4 Å². The van der Waals surface area contributed by atoms with Crippen molar-refractivity contribution in [1.29, 1.82) is 0 Å². The van der Waals surface area contributed by atoms with E-state index in [9.17, 15) is 9.59 Å². The molecule has 0 aromatic rings. The van der Waals surface area contributed by atoms with Gasteiger partial charge in [-0.15, -0.1) is 6.42 Å². The van der Waals surface area contributed by atoms with Gasteiger partial charge in [-0.1, -0.05) is 38.5 Å². The number of carbonyl (C=O) groups excluding carboxylic acids is 1. The van der Waals surface area contributed by atoms with E-state index in [-0.39, 0.29) is 19.0 Å². The van der Waals surface area contributed by atoms with E-state index in [1.807, 2.05) is 0 Å². The van der Waals surface area contributed by atoms with Gasteiger partial charge in [0.25, 0.3) is 0 Å². The minimum atomic E-state index is -1.03.